The first-order valence-electron chi connectivity index (χ1n) is 36.0. The van der Waals surface area contributed by atoms with Crippen molar-refractivity contribution < 1.29 is 39.6 Å². The van der Waals surface area contributed by atoms with E-state index in [0.29, 0.717) is 52.2 Å². The second kappa shape index (κ2) is 39.3. The van der Waals surface area contributed by atoms with Crippen LogP contribution in [0.1, 0.15) is 213 Å². The van der Waals surface area contributed by atoms with Crippen LogP contribution in [0.15, 0.2) is 109 Å². The van der Waals surface area contributed by atoms with Crippen molar-refractivity contribution in [2.24, 2.45) is 10.8 Å². The molecule has 1 aliphatic rings. The van der Waals surface area contributed by atoms with E-state index in [4.69, 9.17) is 0 Å². The van der Waals surface area contributed by atoms with Crippen LogP contribution < -0.4 is 20.4 Å². The molecule has 0 saturated carbocycles. The van der Waals surface area contributed by atoms with Gasteiger partial charge in [-0.25, -0.2) is 0 Å². The van der Waals surface area contributed by atoms with Crippen molar-refractivity contribution >= 4 is 24.4 Å². The van der Waals surface area contributed by atoms with Gasteiger partial charge >= 0.3 is 0 Å². The van der Waals surface area contributed by atoms with Gasteiger partial charge in [0.25, 0.3) is 0 Å². The summed E-state index contributed by atoms with van der Waals surface area (Å²) in [5.41, 5.74) is 3.89. The van der Waals surface area contributed by atoms with Gasteiger partial charge in [-0.15, -0.1) is 0 Å². The fourth-order valence-corrected chi connectivity index (χ4v) is 15.1. The summed E-state index contributed by atoms with van der Waals surface area (Å²) in [6, 6.07) is 35.6. The van der Waals surface area contributed by atoms with E-state index < -0.39 is 40.7 Å². The third-order valence-electron chi connectivity index (χ3n) is 19.4. The molecule has 4 aromatic carbocycles. The highest BCUT2D eigenvalue weighted by atomic mass is 16.4. The molecule has 1 fully saturated rings. The monoisotopic (exact) mass is 1310 g/mol. The lowest BCUT2D eigenvalue weighted by Crippen LogP contribution is -2.66. The standard InChI is InChI=1S/C79H126N8O8/c1-75(2,3)68-44-34-45-69(70(68)76(4,5)6)79(77(7,8)9,78(10,11)12)87(74(94)95)59-33-19-29-49-83-55-37-53-81(47-27-17-31-57-85(72(90)91)63-66-40-22-14-23-41-66)51-35-50-80(46-26-16-30-56-84(71(88)89)62-65-38-20-13-21-39-65)52-36-54-82(60-61-83)48-28-18-32-58-86(73(92)93)64-67-42-24-15-25-43-67/h13-15,20-25,34,38-45H,16-19,26-33,35-37,46-64H2,1-12H3,(H,88,89)(H,90,91)(H,92,93)(H,94,95)/p-4. The lowest BCUT2D eigenvalue weighted by Gasteiger charge is -2.62. The van der Waals surface area contributed by atoms with Crippen LogP contribution in [0, 0.1) is 10.8 Å². The highest BCUT2D eigenvalue weighted by Crippen LogP contribution is 2.58. The Morgan fingerprint density at radius 1 is 0.337 bits per heavy atom. The molecule has 0 N–H and O–H groups in total. The van der Waals surface area contributed by atoms with Crippen LogP contribution in [0.3, 0.4) is 0 Å². The van der Waals surface area contributed by atoms with Gasteiger partial charge in [-0.2, -0.15) is 0 Å². The lowest BCUT2D eigenvalue weighted by molar-refractivity contribution is -0.282. The smallest absolute Gasteiger partial charge is 0.137 e. The average molecular weight is 1310 g/mol. The number of rotatable bonds is 32. The summed E-state index contributed by atoms with van der Waals surface area (Å²) in [6.45, 7) is 40.2. The molecule has 0 unspecified atom stereocenters. The summed E-state index contributed by atoms with van der Waals surface area (Å²) in [7, 11) is 0. The Bertz CT molecular complexity index is 2840. The molecular weight excluding hydrogens is 1190 g/mol. The van der Waals surface area contributed by atoms with Crippen molar-refractivity contribution in [2.75, 3.05) is 105 Å². The molecule has 95 heavy (non-hydrogen) atoms. The number of amides is 4. The van der Waals surface area contributed by atoms with Crippen molar-refractivity contribution in [3.8, 4) is 0 Å². The number of carbonyl (C=O) groups is 4. The van der Waals surface area contributed by atoms with Gasteiger partial charge in [-0.1, -0.05) is 218 Å². The topological polar surface area (TPSA) is 186 Å². The minimum Gasteiger partial charge on any atom is -0.530 e. The van der Waals surface area contributed by atoms with Crippen molar-refractivity contribution in [1.29, 1.82) is 0 Å². The van der Waals surface area contributed by atoms with E-state index in [9.17, 15) is 39.6 Å². The maximum absolute atomic E-state index is 14.0. The number of carboxylic acid groups (broad SMARTS) is 4. The van der Waals surface area contributed by atoms with Crippen LogP contribution in [0.25, 0.3) is 0 Å². The molecule has 16 heteroatoms. The summed E-state index contributed by atoms with van der Waals surface area (Å²) in [4.78, 5) is 67.0. The van der Waals surface area contributed by atoms with E-state index in [1.807, 2.05) is 91.0 Å². The normalized spacial score (nSPS) is 15.2. The van der Waals surface area contributed by atoms with Crippen LogP contribution in [0.2, 0.25) is 0 Å². The fourth-order valence-electron chi connectivity index (χ4n) is 15.1. The van der Waals surface area contributed by atoms with E-state index in [1.54, 1.807) is 4.90 Å². The molecule has 0 aromatic heterocycles. The highest BCUT2D eigenvalue weighted by Gasteiger charge is 2.57. The van der Waals surface area contributed by atoms with Gasteiger partial charge in [0, 0.05) is 58.9 Å². The number of carbonyl (C=O) groups excluding carboxylic acids is 4. The lowest BCUT2D eigenvalue weighted by atomic mass is 9.53. The minimum absolute atomic E-state index is 0.176. The first kappa shape index (κ1) is 79.5. The molecule has 1 heterocycles. The van der Waals surface area contributed by atoms with Gasteiger partial charge in [0.05, 0.1) is 5.54 Å². The zero-order valence-electron chi connectivity index (χ0n) is 60.8. The summed E-state index contributed by atoms with van der Waals surface area (Å²) < 4.78 is 0. The van der Waals surface area contributed by atoms with Crippen molar-refractivity contribution in [3.63, 3.8) is 0 Å². The molecule has 530 valence electrons. The van der Waals surface area contributed by atoms with E-state index in [1.165, 1.54) is 25.8 Å². The van der Waals surface area contributed by atoms with E-state index in [2.05, 4.69) is 121 Å². The van der Waals surface area contributed by atoms with E-state index in [-0.39, 0.29) is 10.8 Å². The van der Waals surface area contributed by atoms with Gasteiger partial charge in [-0.05, 0) is 191 Å². The molecule has 0 atom stereocenters. The van der Waals surface area contributed by atoms with Crippen molar-refractivity contribution in [1.82, 2.24) is 39.2 Å². The molecular formula is C79H122N8O8-4. The molecule has 1 aliphatic heterocycles. The van der Waals surface area contributed by atoms with E-state index in [0.717, 1.165) is 191 Å². The van der Waals surface area contributed by atoms with Crippen LogP contribution >= 0.6 is 0 Å². The SMILES string of the molecule is CC(C)(C)c1cccc(C(N(CCCCCN2CCCN(CCCCCN(Cc3ccccc3)C(=O)[O-])CCCN(CCCCCN(Cc3ccccc3)C(=O)[O-])CCCN(CCCCCN(Cc3ccccc3)C(=O)[O-])CC2)C(=O)[O-])(C(C)(C)C)C(C)(C)C)c1C(C)(C)C. The van der Waals surface area contributed by atoms with Crippen LogP contribution in [-0.4, -0.2) is 168 Å². The molecule has 4 aromatic rings. The van der Waals surface area contributed by atoms with Gasteiger partial charge in [0.1, 0.15) is 24.4 Å². The third-order valence-corrected chi connectivity index (χ3v) is 19.4. The largest absolute Gasteiger partial charge is 0.530 e. The van der Waals surface area contributed by atoms with Crippen LogP contribution in [0.4, 0.5) is 19.2 Å². The van der Waals surface area contributed by atoms with E-state index >= 15 is 0 Å². The van der Waals surface area contributed by atoms with Crippen molar-refractivity contribution in [3.05, 3.63) is 143 Å². The van der Waals surface area contributed by atoms with Gasteiger partial charge < -0.3 is 78.8 Å². The van der Waals surface area contributed by atoms with Gasteiger partial charge in [0.15, 0.2) is 0 Å². The molecule has 4 amide bonds. The number of benzene rings is 4. The Kier molecular flexibility index (Phi) is 32.9. The first-order valence-corrected chi connectivity index (χ1v) is 36.0. The minimum atomic E-state index is -1.15. The number of hydrogen-bond acceptors (Lipinski definition) is 12. The molecule has 5 rings (SSSR count). The summed E-state index contributed by atoms with van der Waals surface area (Å²) in [5, 5.41) is 50.6. The molecule has 0 bridgehead atoms. The number of unbranched alkanes of at least 4 members (excludes halogenated alkanes) is 8. The first-order chi connectivity index (χ1) is 45.0. The van der Waals surface area contributed by atoms with Crippen LogP contribution in [-0.2, 0) is 36.0 Å². The Labute approximate surface area is 574 Å². The van der Waals surface area contributed by atoms with Gasteiger partial charge in [-0.3, -0.25) is 0 Å². The molecule has 0 radical (unpaired) electrons. The molecule has 16 nitrogen and oxygen atoms in total. The Morgan fingerprint density at radius 2 is 0.632 bits per heavy atom. The summed E-state index contributed by atoms with van der Waals surface area (Å²) >= 11 is 0. The van der Waals surface area contributed by atoms with Gasteiger partial charge in [0.2, 0.25) is 0 Å². The summed E-state index contributed by atoms with van der Waals surface area (Å²) in [5.74, 6) is 0. The zero-order valence-corrected chi connectivity index (χ0v) is 60.8. The number of hydrogen-bond donors (Lipinski definition) is 0. The maximum atomic E-state index is 14.0. The molecule has 0 spiro atoms. The number of nitrogens with zero attached hydrogens (tertiary/aromatic N) is 8. The second-order valence-corrected chi connectivity index (χ2v) is 31.0. The predicted octanol–water partition coefficient (Wildman–Crippen LogP) is 11.8. The summed E-state index contributed by atoms with van der Waals surface area (Å²) in [6.07, 6.45) is 8.61. The third kappa shape index (κ3) is 26.3. The van der Waals surface area contributed by atoms with Crippen LogP contribution in [0.5, 0.6) is 0 Å². The average Bonchev–Trinajstić information content (AvgIpc) is 0.704. The fraction of sp³-hybridized carbons (Fsp3) is 0.646. The second-order valence-electron chi connectivity index (χ2n) is 31.0. The maximum Gasteiger partial charge on any atom is 0.137 e. The molecule has 0 aliphatic carbocycles. The van der Waals surface area contributed by atoms with Crippen molar-refractivity contribution in [2.45, 2.75) is 215 Å². The highest BCUT2D eigenvalue weighted by molar-refractivity contribution is 5.66. The quantitative estimate of drug-likeness (QED) is 0.0422. The Hall–Kier alpha value is -6.20. The predicted molar refractivity (Wildman–Crippen MR) is 378 cm³/mol. The Morgan fingerprint density at radius 3 is 0.905 bits per heavy atom. The zero-order chi connectivity index (χ0) is 69.7. The molecule has 1 saturated heterocycles. The Balaban J connectivity index is 1.35.